The molecular formula is C38H41N3O7S3. The first-order chi connectivity index (χ1) is 24.0. The van der Waals surface area contributed by atoms with E-state index in [2.05, 4.69) is 11.6 Å². The van der Waals surface area contributed by atoms with Crippen molar-refractivity contribution < 1.29 is 30.0 Å². The van der Waals surface area contributed by atoms with E-state index in [1.165, 1.54) is 6.26 Å². The number of unbranched alkanes of at least 4 members (excludes halogenated alkanes) is 1. The normalized spacial score (nSPS) is 18.3. The van der Waals surface area contributed by atoms with Gasteiger partial charge in [-0.3, -0.25) is 0 Å². The number of hydrogen-bond acceptors (Lipinski definition) is 9. The Morgan fingerprint density at radius 2 is 1.41 bits per heavy atom. The van der Waals surface area contributed by atoms with Crippen LogP contribution in [0.3, 0.4) is 0 Å². The predicted octanol–water partition coefficient (Wildman–Crippen LogP) is 6.67. The minimum absolute atomic E-state index is 0.165. The van der Waals surface area contributed by atoms with E-state index in [0.717, 1.165) is 24.7 Å². The van der Waals surface area contributed by atoms with Crippen molar-refractivity contribution >= 4 is 46.8 Å². The van der Waals surface area contributed by atoms with Gasteiger partial charge in [-0.1, -0.05) is 61.9 Å². The third-order valence-electron chi connectivity index (χ3n) is 9.50. The quantitative estimate of drug-likeness (QED) is 0.189. The molecule has 13 heteroatoms. The molecule has 0 aromatic heterocycles. The summed E-state index contributed by atoms with van der Waals surface area (Å²) in [6.45, 7) is 3.90. The fourth-order valence-electron chi connectivity index (χ4n) is 6.88. The van der Waals surface area contributed by atoms with Gasteiger partial charge in [0, 0.05) is 66.8 Å². The van der Waals surface area contributed by atoms with Crippen LogP contribution in [-0.2, 0) is 35.2 Å². The highest BCUT2D eigenvalue weighted by molar-refractivity contribution is 7.91. The highest BCUT2D eigenvalue weighted by atomic mass is 32.2. The molecule has 0 amide bonds. The van der Waals surface area contributed by atoms with Gasteiger partial charge in [0.2, 0.25) is 10.0 Å². The number of hydrogen-bond donors (Lipinski definition) is 1. The van der Waals surface area contributed by atoms with Gasteiger partial charge in [-0.05, 0) is 56.2 Å². The number of fused-ring (bicyclic) bond motifs is 4. The van der Waals surface area contributed by atoms with E-state index in [-0.39, 0.29) is 14.7 Å². The Balaban J connectivity index is 1.59. The molecule has 1 spiro atoms. The molecule has 6 rings (SSSR count). The van der Waals surface area contributed by atoms with Crippen molar-refractivity contribution in [2.24, 2.45) is 0 Å². The summed E-state index contributed by atoms with van der Waals surface area (Å²) in [6.07, 6.45) is 6.23. The van der Waals surface area contributed by atoms with Crippen molar-refractivity contribution in [3.8, 4) is 5.75 Å². The molecule has 2 heterocycles. The second kappa shape index (κ2) is 13.3. The molecule has 4 aromatic rings. The fourth-order valence-corrected chi connectivity index (χ4v) is 10.3. The van der Waals surface area contributed by atoms with Crippen molar-refractivity contribution in [3.05, 3.63) is 125 Å². The van der Waals surface area contributed by atoms with Gasteiger partial charge in [-0.15, -0.1) is 0 Å². The second-order valence-corrected chi connectivity index (χ2v) is 18.6. The average Bonchev–Trinajstić information content (AvgIpc) is 3.33. The van der Waals surface area contributed by atoms with Crippen LogP contribution in [0.2, 0.25) is 0 Å². The highest BCUT2D eigenvalue weighted by Gasteiger charge is 2.54. The molecule has 0 saturated carbocycles. The Kier molecular flexibility index (Phi) is 9.47. The molecule has 268 valence electrons. The summed E-state index contributed by atoms with van der Waals surface area (Å²) < 4.78 is 88.4. The van der Waals surface area contributed by atoms with Crippen LogP contribution in [0, 0.1) is 0 Å². The summed E-state index contributed by atoms with van der Waals surface area (Å²) in [5.41, 5.74) is 2.80. The molecular weight excluding hydrogens is 707 g/mol. The van der Waals surface area contributed by atoms with Gasteiger partial charge in [0.1, 0.15) is 17.0 Å². The van der Waals surface area contributed by atoms with Crippen LogP contribution >= 0.6 is 0 Å². The summed E-state index contributed by atoms with van der Waals surface area (Å²) in [4.78, 5) is 4.04. The standard InChI is InChI=1S/C38H41N3O7S3/c1-7-8-15-28-33(24-26(2)40(3)31-17-10-13-20-36(31)49(5,42)43)48-34-25-27(41(4)32-18-11-14-21-37(32)50(6,44)45)22-23-29(34)38(28)30-16-9-12-19-35(30)51(46,47)39-38/h9-14,16-25,39H,7-8,15H2,1-6H3/b26-24+. The first-order valence-corrected chi connectivity index (χ1v) is 21.7. The summed E-state index contributed by atoms with van der Waals surface area (Å²) >= 11 is 0. The highest BCUT2D eigenvalue weighted by Crippen LogP contribution is 2.54. The van der Waals surface area contributed by atoms with E-state index in [4.69, 9.17) is 4.74 Å². The lowest BCUT2D eigenvalue weighted by Crippen LogP contribution is -2.45. The lowest BCUT2D eigenvalue weighted by atomic mass is 9.73. The number of allylic oxidation sites excluding steroid dienone is 2. The van der Waals surface area contributed by atoms with Gasteiger partial charge in [0.05, 0.1) is 26.1 Å². The van der Waals surface area contributed by atoms with Gasteiger partial charge in [0.15, 0.2) is 19.7 Å². The van der Waals surface area contributed by atoms with Gasteiger partial charge in [-0.2, -0.15) is 4.72 Å². The Labute approximate surface area is 301 Å². The molecule has 2 aliphatic rings. The van der Waals surface area contributed by atoms with Gasteiger partial charge >= 0.3 is 0 Å². The van der Waals surface area contributed by atoms with Gasteiger partial charge in [-0.25, -0.2) is 25.3 Å². The van der Waals surface area contributed by atoms with Crippen LogP contribution in [-0.4, -0.2) is 51.9 Å². The zero-order valence-corrected chi connectivity index (χ0v) is 31.8. The van der Waals surface area contributed by atoms with Crippen LogP contribution in [0.15, 0.2) is 129 Å². The van der Waals surface area contributed by atoms with Crippen LogP contribution in [0.25, 0.3) is 0 Å². The molecule has 51 heavy (non-hydrogen) atoms. The number of nitrogens with zero attached hydrogens (tertiary/aromatic N) is 2. The van der Waals surface area contributed by atoms with Crippen molar-refractivity contribution in [2.75, 3.05) is 36.4 Å². The largest absolute Gasteiger partial charge is 0.457 e. The van der Waals surface area contributed by atoms with E-state index >= 15 is 0 Å². The van der Waals surface area contributed by atoms with Crippen molar-refractivity contribution in [3.63, 3.8) is 0 Å². The molecule has 4 aromatic carbocycles. The first-order valence-electron chi connectivity index (χ1n) is 16.4. The smallest absolute Gasteiger partial charge is 0.242 e. The molecule has 0 aliphatic carbocycles. The molecule has 0 fully saturated rings. The minimum atomic E-state index is -3.95. The SMILES string of the molecule is CCCCC1=C(/C=C(\C)N(C)c2ccccc2S(C)(=O)=O)Oc2cc(N(C)c3ccccc3S(C)(=O)=O)ccc2C12NS(=O)(=O)c1ccccc12. The van der Waals surface area contributed by atoms with E-state index in [1.807, 2.05) is 37.3 Å². The third-order valence-corrected chi connectivity index (χ3v) is 13.3. The maximum atomic E-state index is 13.9. The minimum Gasteiger partial charge on any atom is -0.457 e. The molecule has 0 bridgehead atoms. The number of nitrogens with one attached hydrogen (secondary N) is 1. The lowest BCUT2D eigenvalue weighted by molar-refractivity contribution is 0.367. The van der Waals surface area contributed by atoms with E-state index in [0.29, 0.717) is 51.8 Å². The zero-order valence-electron chi connectivity index (χ0n) is 29.3. The predicted molar refractivity (Wildman–Crippen MR) is 200 cm³/mol. The number of ether oxygens (including phenoxy) is 1. The van der Waals surface area contributed by atoms with Crippen LogP contribution in [0.4, 0.5) is 17.1 Å². The Morgan fingerprint density at radius 3 is 2.06 bits per heavy atom. The summed E-state index contributed by atoms with van der Waals surface area (Å²) in [7, 11) is -7.53. The van der Waals surface area contributed by atoms with Crippen LogP contribution < -0.4 is 19.3 Å². The number of rotatable bonds is 10. The van der Waals surface area contributed by atoms with E-state index in [1.54, 1.807) is 90.6 Å². The van der Waals surface area contributed by atoms with Gasteiger partial charge < -0.3 is 14.5 Å². The molecule has 1 N–H and O–H groups in total. The van der Waals surface area contributed by atoms with Crippen molar-refractivity contribution in [1.29, 1.82) is 0 Å². The average molecular weight is 748 g/mol. The monoisotopic (exact) mass is 747 g/mol. The van der Waals surface area contributed by atoms with Crippen LogP contribution in [0.5, 0.6) is 5.75 Å². The number of sulfone groups is 2. The van der Waals surface area contributed by atoms with Gasteiger partial charge in [0.25, 0.3) is 0 Å². The molecule has 1 unspecified atom stereocenters. The van der Waals surface area contributed by atoms with Crippen molar-refractivity contribution in [2.45, 2.75) is 53.3 Å². The lowest BCUT2D eigenvalue weighted by Gasteiger charge is -2.40. The Morgan fingerprint density at radius 1 is 0.824 bits per heavy atom. The number of sulfonamides is 1. The fraction of sp³-hybridized carbons (Fsp3) is 0.263. The topological polar surface area (TPSA) is 130 Å². The Hall–Kier alpha value is -4.43. The molecule has 0 saturated heterocycles. The van der Waals surface area contributed by atoms with E-state index in [9.17, 15) is 25.3 Å². The van der Waals surface area contributed by atoms with Crippen LogP contribution in [0.1, 0.15) is 44.2 Å². The second-order valence-electron chi connectivity index (χ2n) is 13.0. The summed E-state index contributed by atoms with van der Waals surface area (Å²) in [5, 5.41) is 0. The molecule has 0 radical (unpaired) electrons. The number of para-hydroxylation sites is 2. The maximum absolute atomic E-state index is 13.9. The summed E-state index contributed by atoms with van der Waals surface area (Å²) in [6, 6.07) is 25.8. The zero-order chi connectivity index (χ0) is 36.9. The molecule has 10 nitrogen and oxygen atoms in total. The molecule has 2 aliphatic heterocycles. The van der Waals surface area contributed by atoms with Crippen molar-refractivity contribution in [1.82, 2.24) is 4.72 Å². The third kappa shape index (κ3) is 6.48. The molecule has 1 atom stereocenters. The first kappa shape index (κ1) is 36.4. The Bertz CT molecular complexity index is 2440. The summed E-state index contributed by atoms with van der Waals surface area (Å²) in [5.74, 6) is 0.807. The maximum Gasteiger partial charge on any atom is 0.242 e. The number of benzene rings is 4. The van der Waals surface area contributed by atoms with E-state index < -0.39 is 35.2 Å². The number of anilines is 3.